The summed E-state index contributed by atoms with van der Waals surface area (Å²) in [6.07, 6.45) is 0. The second-order valence-corrected chi connectivity index (χ2v) is 3.32. The molecule has 14 heavy (non-hydrogen) atoms. The smallest absolute Gasteiger partial charge is 0.323 e. The Kier molecular flexibility index (Phi) is 1.19. The Hall–Kier alpha value is -2.04. The number of hydrogen-bond acceptors (Lipinski definition) is 2. The molecule has 0 aliphatic rings. The van der Waals surface area contributed by atoms with Gasteiger partial charge in [-0.25, -0.2) is 9.78 Å². The summed E-state index contributed by atoms with van der Waals surface area (Å²) in [7, 11) is 0. The molecule has 0 spiro atoms. The highest BCUT2D eigenvalue weighted by atomic mass is 16.1. The van der Waals surface area contributed by atoms with Crippen LogP contribution in [0.2, 0.25) is 0 Å². The van der Waals surface area contributed by atoms with Gasteiger partial charge in [-0.15, -0.1) is 0 Å². The zero-order chi connectivity index (χ0) is 9.71. The molecule has 0 aliphatic carbocycles. The van der Waals surface area contributed by atoms with Crippen LogP contribution < -0.4 is 5.69 Å². The lowest BCUT2D eigenvalue weighted by molar-refractivity contribution is 1.17. The molecule has 2 heterocycles. The Morgan fingerprint density at radius 2 is 1.79 bits per heavy atom. The fourth-order valence-electron chi connectivity index (χ4n) is 1.67. The summed E-state index contributed by atoms with van der Waals surface area (Å²) in [6.45, 7) is 1.90. The second kappa shape index (κ2) is 2.25. The van der Waals surface area contributed by atoms with Crippen molar-refractivity contribution in [1.82, 2.24) is 19.9 Å². The van der Waals surface area contributed by atoms with Gasteiger partial charge in [-0.1, -0.05) is 0 Å². The minimum Gasteiger partial charge on any atom is -0.342 e. The van der Waals surface area contributed by atoms with Gasteiger partial charge in [0.25, 0.3) is 0 Å². The van der Waals surface area contributed by atoms with Crippen LogP contribution in [-0.2, 0) is 0 Å². The second-order valence-electron chi connectivity index (χ2n) is 3.32. The summed E-state index contributed by atoms with van der Waals surface area (Å²) in [5.41, 5.74) is 3.19. The van der Waals surface area contributed by atoms with Crippen molar-refractivity contribution >= 4 is 22.1 Å². The van der Waals surface area contributed by atoms with Gasteiger partial charge in [0.15, 0.2) is 0 Å². The number of aryl methyl sites for hydroxylation is 1. The predicted octanol–water partition coefficient (Wildman–Crippen LogP) is 1.04. The molecule has 3 aromatic rings. The van der Waals surface area contributed by atoms with Gasteiger partial charge in [-0.05, 0) is 19.1 Å². The molecule has 0 radical (unpaired) electrons. The first kappa shape index (κ1) is 7.37. The first-order chi connectivity index (χ1) is 6.72. The van der Waals surface area contributed by atoms with Crippen molar-refractivity contribution in [2.45, 2.75) is 6.92 Å². The maximum absolute atomic E-state index is 11.0. The van der Waals surface area contributed by atoms with Gasteiger partial charge >= 0.3 is 5.69 Å². The molecule has 1 aromatic carbocycles. The topological polar surface area (TPSA) is 77.3 Å². The van der Waals surface area contributed by atoms with Crippen LogP contribution >= 0.6 is 0 Å². The molecule has 0 amide bonds. The summed E-state index contributed by atoms with van der Waals surface area (Å²) in [5, 5.41) is 0. The number of aromatic nitrogens is 4. The van der Waals surface area contributed by atoms with Crippen LogP contribution in [0.1, 0.15) is 5.82 Å². The lowest BCUT2D eigenvalue weighted by atomic mass is 10.3. The highest BCUT2D eigenvalue weighted by Crippen LogP contribution is 2.16. The minimum atomic E-state index is -0.190. The fraction of sp³-hybridized carbons (Fsp3) is 0.111. The Balaban J connectivity index is 2.55. The van der Waals surface area contributed by atoms with Crippen LogP contribution in [0, 0.1) is 6.92 Å². The number of hydrogen-bond donors (Lipinski definition) is 3. The number of fused-ring (bicyclic) bond motifs is 2. The summed E-state index contributed by atoms with van der Waals surface area (Å²) in [4.78, 5) is 23.8. The third-order valence-electron chi connectivity index (χ3n) is 2.24. The zero-order valence-corrected chi connectivity index (χ0v) is 7.51. The zero-order valence-electron chi connectivity index (χ0n) is 7.51. The van der Waals surface area contributed by atoms with Crippen LogP contribution in [0.3, 0.4) is 0 Å². The molecule has 0 atom stereocenters. The van der Waals surface area contributed by atoms with E-state index in [9.17, 15) is 4.79 Å². The summed E-state index contributed by atoms with van der Waals surface area (Å²) < 4.78 is 0. The molecule has 0 aliphatic heterocycles. The number of nitrogens with zero attached hydrogens (tertiary/aromatic N) is 1. The van der Waals surface area contributed by atoms with E-state index >= 15 is 0 Å². The third-order valence-corrected chi connectivity index (χ3v) is 2.24. The fourth-order valence-corrected chi connectivity index (χ4v) is 1.67. The van der Waals surface area contributed by atoms with E-state index in [1.54, 1.807) is 0 Å². The van der Waals surface area contributed by atoms with E-state index < -0.39 is 0 Å². The molecule has 3 N–H and O–H groups in total. The lowest BCUT2D eigenvalue weighted by Gasteiger charge is -1.88. The molecule has 0 fully saturated rings. The molecule has 0 saturated heterocycles. The van der Waals surface area contributed by atoms with E-state index in [-0.39, 0.29) is 5.69 Å². The third kappa shape index (κ3) is 0.891. The van der Waals surface area contributed by atoms with Gasteiger partial charge in [0.1, 0.15) is 5.82 Å². The standard InChI is InChI=1S/C9H8N4O/c1-4-10-5-2-7-8(3-6(5)11-4)13-9(14)12-7/h2-3H,1H3,(H,10,11)(H2,12,13,14). The Morgan fingerprint density at radius 3 is 2.57 bits per heavy atom. The van der Waals surface area contributed by atoms with Crippen LogP contribution in [0.5, 0.6) is 0 Å². The number of H-pyrrole nitrogens is 3. The largest absolute Gasteiger partial charge is 0.342 e. The van der Waals surface area contributed by atoms with E-state index in [0.29, 0.717) is 0 Å². The Labute approximate surface area is 78.2 Å². The molecule has 3 rings (SSSR count). The van der Waals surface area contributed by atoms with Crippen LogP contribution in [0.4, 0.5) is 0 Å². The van der Waals surface area contributed by atoms with Crippen molar-refractivity contribution in [3.8, 4) is 0 Å². The van der Waals surface area contributed by atoms with Gasteiger partial charge in [-0.3, -0.25) is 0 Å². The van der Waals surface area contributed by atoms with Crippen molar-refractivity contribution in [3.63, 3.8) is 0 Å². The normalized spacial score (nSPS) is 11.5. The maximum atomic E-state index is 11.0. The molecule has 70 valence electrons. The number of nitrogens with one attached hydrogen (secondary N) is 3. The minimum absolute atomic E-state index is 0.190. The summed E-state index contributed by atoms with van der Waals surface area (Å²) in [5.74, 6) is 0.870. The lowest BCUT2D eigenvalue weighted by Crippen LogP contribution is -1.99. The summed E-state index contributed by atoms with van der Waals surface area (Å²) >= 11 is 0. The molecule has 0 unspecified atom stereocenters. The predicted molar refractivity (Wildman–Crippen MR) is 53.3 cm³/mol. The first-order valence-electron chi connectivity index (χ1n) is 4.31. The van der Waals surface area contributed by atoms with Gasteiger partial charge in [0.2, 0.25) is 0 Å². The van der Waals surface area contributed by atoms with Gasteiger partial charge in [0, 0.05) is 0 Å². The van der Waals surface area contributed by atoms with Crippen LogP contribution in [0.25, 0.3) is 22.1 Å². The van der Waals surface area contributed by atoms with Crippen LogP contribution in [-0.4, -0.2) is 19.9 Å². The van der Waals surface area contributed by atoms with E-state index in [4.69, 9.17) is 0 Å². The molecule has 0 saturated carbocycles. The summed E-state index contributed by atoms with van der Waals surface area (Å²) in [6, 6.07) is 3.73. The number of aromatic amines is 3. The molecular formula is C9H8N4O. The van der Waals surface area contributed by atoms with Crippen molar-refractivity contribution in [2.75, 3.05) is 0 Å². The molecule has 5 nitrogen and oxygen atoms in total. The number of benzene rings is 1. The monoisotopic (exact) mass is 188 g/mol. The van der Waals surface area contributed by atoms with Crippen molar-refractivity contribution in [1.29, 1.82) is 0 Å². The SMILES string of the molecule is Cc1nc2cc3[nH]c(=O)[nH]c3cc2[nH]1. The van der Waals surface area contributed by atoms with E-state index in [2.05, 4.69) is 19.9 Å². The van der Waals surface area contributed by atoms with Gasteiger partial charge < -0.3 is 15.0 Å². The quantitative estimate of drug-likeness (QED) is 0.493. The highest BCUT2D eigenvalue weighted by Gasteiger charge is 2.03. The van der Waals surface area contributed by atoms with Crippen LogP contribution in [0.15, 0.2) is 16.9 Å². The first-order valence-corrected chi connectivity index (χ1v) is 4.31. The highest BCUT2D eigenvalue weighted by molar-refractivity contribution is 5.90. The van der Waals surface area contributed by atoms with Crippen molar-refractivity contribution < 1.29 is 0 Å². The van der Waals surface area contributed by atoms with Gasteiger partial charge in [-0.2, -0.15) is 0 Å². The molecule has 2 aromatic heterocycles. The average Bonchev–Trinajstić information content (AvgIpc) is 2.59. The van der Waals surface area contributed by atoms with Crippen molar-refractivity contribution in [3.05, 3.63) is 28.4 Å². The number of rotatable bonds is 0. The molecule has 0 bridgehead atoms. The Morgan fingerprint density at radius 1 is 1.07 bits per heavy atom. The Bertz CT molecular complexity index is 619. The van der Waals surface area contributed by atoms with Gasteiger partial charge in [0.05, 0.1) is 22.1 Å². The average molecular weight is 188 g/mol. The molecular weight excluding hydrogens is 180 g/mol. The number of imidazole rings is 2. The van der Waals surface area contributed by atoms with E-state index in [1.165, 1.54) is 0 Å². The van der Waals surface area contributed by atoms with Crippen molar-refractivity contribution in [2.24, 2.45) is 0 Å². The molecule has 5 heteroatoms. The van der Waals surface area contributed by atoms with E-state index in [1.807, 2.05) is 19.1 Å². The maximum Gasteiger partial charge on any atom is 0.323 e. The van der Waals surface area contributed by atoms with E-state index in [0.717, 1.165) is 27.9 Å².